The van der Waals surface area contributed by atoms with Gasteiger partial charge in [0.05, 0.1) is 12.2 Å². The average Bonchev–Trinajstić information content (AvgIpc) is 2.41. The van der Waals surface area contributed by atoms with Crippen molar-refractivity contribution in [1.82, 2.24) is 21.4 Å². The molecule has 4 N–H and O–H groups in total. The highest BCUT2D eigenvalue weighted by Crippen LogP contribution is 2.04. The molecule has 2 heterocycles. The van der Waals surface area contributed by atoms with Crippen LogP contribution < -0.4 is 21.4 Å². The first-order chi connectivity index (χ1) is 8.81. The molecule has 1 saturated heterocycles. The van der Waals surface area contributed by atoms with Crippen LogP contribution in [0.1, 0.15) is 12.8 Å². The van der Waals surface area contributed by atoms with Gasteiger partial charge in [-0.2, -0.15) is 5.10 Å². The Bertz CT molecular complexity index is 385. The molecule has 0 unspecified atom stereocenters. The fraction of sp³-hybridized carbons (Fsp3) is 0.545. The van der Waals surface area contributed by atoms with Gasteiger partial charge in [-0.15, -0.1) is 0 Å². The van der Waals surface area contributed by atoms with Crippen molar-refractivity contribution in [2.75, 3.05) is 19.6 Å². The molecule has 7 nitrogen and oxygen atoms in total. The third-order valence-corrected chi connectivity index (χ3v) is 2.95. The molecule has 0 atom stereocenters. The second-order valence-electron chi connectivity index (χ2n) is 4.20. The number of amides is 2. The van der Waals surface area contributed by atoms with Gasteiger partial charge < -0.3 is 21.4 Å². The first-order valence-corrected chi connectivity index (χ1v) is 6.04. The molecule has 0 aliphatic carbocycles. The Kier molecular flexibility index (Phi) is 4.30. The van der Waals surface area contributed by atoms with Crippen LogP contribution in [0.15, 0.2) is 16.9 Å². The summed E-state index contributed by atoms with van der Waals surface area (Å²) in [6.07, 6.45) is 4.09. The van der Waals surface area contributed by atoms with Gasteiger partial charge in [-0.3, -0.25) is 9.59 Å². The lowest BCUT2D eigenvalue weighted by Crippen LogP contribution is -2.47. The van der Waals surface area contributed by atoms with Crippen LogP contribution in [0.4, 0.5) is 0 Å². The maximum absolute atomic E-state index is 12.1. The van der Waals surface area contributed by atoms with Gasteiger partial charge in [-0.05, 0) is 32.0 Å². The van der Waals surface area contributed by atoms with Crippen LogP contribution in [-0.2, 0) is 9.59 Å². The van der Waals surface area contributed by atoms with Gasteiger partial charge in [0.25, 0.3) is 5.91 Å². The first-order valence-electron chi connectivity index (χ1n) is 6.04. The molecule has 2 aliphatic rings. The zero-order valence-corrected chi connectivity index (χ0v) is 10.0. The van der Waals surface area contributed by atoms with Crippen molar-refractivity contribution in [3.63, 3.8) is 0 Å². The van der Waals surface area contributed by atoms with E-state index in [9.17, 15) is 9.59 Å². The number of hydrazone groups is 1. The maximum atomic E-state index is 12.1. The monoisotopic (exact) mass is 251 g/mol. The average molecular weight is 251 g/mol. The molecule has 0 radical (unpaired) electrons. The van der Waals surface area contributed by atoms with Crippen molar-refractivity contribution in [3.8, 4) is 0 Å². The van der Waals surface area contributed by atoms with Crippen LogP contribution in [0.25, 0.3) is 0 Å². The van der Waals surface area contributed by atoms with Gasteiger partial charge in [0.2, 0.25) is 6.41 Å². The van der Waals surface area contributed by atoms with E-state index in [0.717, 1.165) is 25.9 Å². The van der Waals surface area contributed by atoms with Crippen molar-refractivity contribution in [2.24, 2.45) is 5.10 Å². The molecule has 2 rings (SSSR count). The molecule has 0 bridgehead atoms. The highest BCUT2D eigenvalue weighted by molar-refractivity contribution is 6.45. The lowest BCUT2D eigenvalue weighted by molar-refractivity contribution is -0.115. The van der Waals surface area contributed by atoms with Gasteiger partial charge in [-0.1, -0.05) is 0 Å². The Labute approximate surface area is 105 Å². The lowest BCUT2D eigenvalue weighted by Gasteiger charge is -2.24. The molecule has 98 valence electrons. The van der Waals surface area contributed by atoms with Gasteiger partial charge in [0.15, 0.2) is 5.71 Å². The summed E-state index contributed by atoms with van der Waals surface area (Å²) in [5.41, 5.74) is 3.41. The number of nitrogens with one attached hydrogen (secondary N) is 4. The summed E-state index contributed by atoms with van der Waals surface area (Å²) in [6.45, 7) is 2.32. The Morgan fingerprint density at radius 1 is 1.44 bits per heavy atom. The second-order valence-corrected chi connectivity index (χ2v) is 4.20. The van der Waals surface area contributed by atoms with Gasteiger partial charge in [0, 0.05) is 6.04 Å². The second kappa shape index (κ2) is 6.15. The molecule has 0 aromatic rings. The van der Waals surface area contributed by atoms with Crippen molar-refractivity contribution in [1.29, 1.82) is 0 Å². The number of hydrogen-bond acceptors (Lipinski definition) is 5. The van der Waals surface area contributed by atoms with Crippen molar-refractivity contribution in [2.45, 2.75) is 18.9 Å². The first kappa shape index (κ1) is 12.6. The smallest absolute Gasteiger partial charge is 0.274 e. The lowest BCUT2D eigenvalue weighted by atomic mass is 10.1. The molecule has 18 heavy (non-hydrogen) atoms. The predicted octanol–water partition coefficient (Wildman–Crippen LogP) is -1.56. The summed E-state index contributed by atoms with van der Waals surface area (Å²) in [6, 6.07) is 0.167. The van der Waals surface area contributed by atoms with E-state index < -0.39 is 0 Å². The molecule has 7 heteroatoms. The molecule has 2 amide bonds. The summed E-state index contributed by atoms with van der Waals surface area (Å²) >= 11 is 0. The van der Waals surface area contributed by atoms with Crippen LogP contribution in [0.5, 0.6) is 0 Å². The van der Waals surface area contributed by atoms with Gasteiger partial charge in [0.1, 0.15) is 0 Å². The molecule has 2 aliphatic heterocycles. The number of carbonyl (C=O) groups is 2. The Hall–Kier alpha value is -1.89. The Morgan fingerprint density at radius 3 is 2.94 bits per heavy atom. The number of piperidine rings is 1. The van der Waals surface area contributed by atoms with Crippen molar-refractivity contribution >= 4 is 18.0 Å². The summed E-state index contributed by atoms with van der Waals surface area (Å²) in [5, 5.41) is 12.6. The topological polar surface area (TPSA) is 94.6 Å². The van der Waals surface area contributed by atoms with E-state index in [-0.39, 0.29) is 17.7 Å². The summed E-state index contributed by atoms with van der Waals surface area (Å²) < 4.78 is 0. The number of rotatable bonds is 4. The van der Waals surface area contributed by atoms with Crippen LogP contribution in [-0.4, -0.2) is 43.7 Å². The van der Waals surface area contributed by atoms with E-state index in [1.807, 2.05) is 0 Å². The molecule has 1 fully saturated rings. The summed E-state index contributed by atoms with van der Waals surface area (Å²) in [4.78, 5) is 22.5. The third-order valence-electron chi connectivity index (χ3n) is 2.95. The summed E-state index contributed by atoms with van der Waals surface area (Å²) in [5.74, 6) is -0.255. The van der Waals surface area contributed by atoms with E-state index in [1.54, 1.807) is 6.08 Å². The summed E-state index contributed by atoms with van der Waals surface area (Å²) in [7, 11) is 0. The van der Waals surface area contributed by atoms with Crippen LogP contribution in [0, 0.1) is 0 Å². The molecular weight excluding hydrogens is 234 g/mol. The standard InChI is InChI=1S/C11H17N5O2/c17-7-13-9-3-6-14-16-10(9)11(18)15-8-1-4-12-5-2-8/h3,7-8,12,14H,1-2,4-6H2,(H,13,17)(H,15,18). The molecule has 0 aromatic heterocycles. The largest absolute Gasteiger partial charge is 0.348 e. The van der Waals surface area contributed by atoms with E-state index in [1.165, 1.54) is 0 Å². The van der Waals surface area contributed by atoms with E-state index >= 15 is 0 Å². The SMILES string of the molecule is O=CNC1=CCNN=C1C(=O)NC1CCNCC1. The number of carbonyl (C=O) groups excluding carboxylic acids is 2. The molecular formula is C11H17N5O2. The minimum Gasteiger partial charge on any atom is -0.348 e. The maximum Gasteiger partial charge on any atom is 0.274 e. The normalized spacial score (nSPS) is 20.2. The quantitative estimate of drug-likeness (QED) is 0.455. The molecule has 0 saturated carbocycles. The highest BCUT2D eigenvalue weighted by atomic mass is 16.2. The fourth-order valence-corrected chi connectivity index (χ4v) is 2.01. The zero-order chi connectivity index (χ0) is 12.8. The number of hydrogen-bond donors (Lipinski definition) is 4. The molecule has 0 aromatic carbocycles. The van der Waals surface area contributed by atoms with Crippen molar-refractivity contribution in [3.05, 3.63) is 11.8 Å². The minimum absolute atomic E-state index is 0.167. The Balaban J connectivity index is 1.96. The predicted molar refractivity (Wildman–Crippen MR) is 66.8 cm³/mol. The number of nitrogens with zero attached hydrogens (tertiary/aromatic N) is 1. The minimum atomic E-state index is -0.255. The van der Waals surface area contributed by atoms with Crippen LogP contribution in [0.2, 0.25) is 0 Å². The highest BCUT2D eigenvalue weighted by Gasteiger charge is 2.22. The fourth-order valence-electron chi connectivity index (χ4n) is 2.01. The Morgan fingerprint density at radius 2 is 2.22 bits per heavy atom. The molecule has 0 spiro atoms. The van der Waals surface area contributed by atoms with Crippen molar-refractivity contribution < 1.29 is 9.59 Å². The van der Waals surface area contributed by atoms with E-state index in [4.69, 9.17) is 0 Å². The zero-order valence-electron chi connectivity index (χ0n) is 10.0. The van der Waals surface area contributed by atoms with Gasteiger partial charge >= 0.3 is 0 Å². The van der Waals surface area contributed by atoms with Crippen LogP contribution in [0.3, 0.4) is 0 Å². The third kappa shape index (κ3) is 3.07. The van der Waals surface area contributed by atoms with E-state index in [0.29, 0.717) is 18.7 Å². The van der Waals surface area contributed by atoms with Crippen LogP contribution >= 0.6 is 0 Å². The van der Waals surface area contributed by atoms with Gasteiger partial charge in [-0.25, -0.2) is 0 Å². The van der Waals surface area contributed by atoms with E-state index in [2.05, 4.69) is 26.5 Å².